The molecule has 5 nitrogen and oxygen atoms in total. The molecule has 0 aliphatic carbocycles. The summed E-state index contributed by atoms with van der Waals surface area (Å²) in [6, 6.07) is 0. The predicted octanol–water partition coefficient (Wildman–Crippen LogP) is 0.679. The molecular formula is C9H17NO4. The van der Waals surface area contributed by atoms with E-state index >= 15 is 0 Å². The van der Waals surface area contributed by atoms with Crippen molar-refractivity contribution < 1.29 is 19.8 Å². The summed E-state index contributed by atoms with van der Waals surface area (Å²) in [7, 11) is 0. The maximum atomic E-state index is 10.9. The maximum absolute atomic E-state index is 10.9. The fraction of sp³-hybridized carbons (Fsp3) is 0.778. The molecule has 0 bridgehead atoms. The van der Waals surface area contributed by atoms with Gasteiger partial charge in [-0.2, -0.15) is 0 Å². The van der Waals surface area contributed by atoms with Crippen LogP contribution in [0.25, 0.3) is 0 Å². The standard InChI is InChI=1S/C9H17NO4/c1-3-6(5-7(11)12)9(10,4-2)8(13)14/h6H,3-5,10H2,1-2H3,(H,11,12)(H,13,14). The summed E-state index contributed by atoms with van der Waals surface area (Å²) in [5.74, 6) is -2.67. The number of carbonyl (C=O) groups is 2. The molecule has 0 radical (unpaired) electrons. The topological polar surface area (TPSA) is 101 Å². The molecule has 0 aliphatic heterocycles. The van der Waals surface area contributed by atoms with Gasteiger partial charge in [0.05, 0.1) is 6.42 Å². The van der Waals surface area contributed by atoms with E-state index < -0.39 is 23.4 Å². The van der Waals surface area contributed by atoms with Crippen LogP contribution in [0.3, 0.4) is 0 Å². The Hall–Kier alpha value is -1.10. The summed E-state index contributed by atoms with van der Waals surface area (Å²) in [6.07, 6.45) is 0.476. The second kappa shape index (κ2) is 4.95. The van der Waals surface area contributed by atoms with Gasteiger partial charge < -0.3 is 15.9 Å². The van der Waals surface area contributed by atoms with Gasteiger partial charge in [-0.3, -0.25) is 9.59 Å². The first kappa shape index (κ1) is 12.9. The van der Waals surface area contributed by atoms with Crippen LogP contribution in [0.5, 0.6) is 0 Å². The summed E-state index contributed by atoms with van der Waals surface area (Å²) in [5, 5.41) is 17.5. The average molecular weight is 203 g/mol. The Morgan fingerprint density at radius 1 is 1.36 bits per heavy atom. The van der Waals surface area contributed by atoms with Crippen LogP contribution in [0.1, 0.15) is 33.1 Å². The Balaban J connectivity index is 4.77. The molecule has 0 saturated heterocycles. The third kappa shape index (κ3) is 2.70. The molecule has 0 rings (SSSR count). The minimum Gasteiger partial charge on any atom is -0.481 e. The van der Waals surface area contributed by atoms with Crippen molar-refractivity contribution >= 4 is 11.9 Å². The highest BCUT2D eigenvalue weighted by Crippen LogP contribution is 2.25. The monoisotopic (exact) mass is 203 g/mol. The molecule has 0 heterocycles. The minimum atomic E-state index is -1.42. The van der Waals surface area contributed by atoms with Crippen molar-refractivity contribution in [3.63, 3.8) is 0 Å². The van der Waals surface area contributed by atoms with Crippen molar-refractivity contribution in [1.82, 2.24) is 0 Å². The Kier molecular flexibility index (Phi) is 4.56. The highest BCUT2D eigenvalue weighted by molar-refractivity contribution is 5.80. The summed E-state index contributed by atoms with van der Waals surface area (Å²) in [5.41, 5.74) is 4.26. The zero-order chi connectivity index (χ0) is 11.4. The quantitative estimate of drug-likeness (QED) is 0.589. The van der Waals surface area contributed by atoms with E-state index in [1.807, 2.05) is 0 Å². The van der Waals surface area contributed by atoms with Crippen molar-refractivity contribution in [3.8, 4) is 0 Å². The van der Waals surface area contributed by atoms with Gasteiger partial charge in [0.2, 0.25) is 0 Å². The number of aliphatic carboxylic acids is 2. The van der Waals surface area contributed by atoms with Crippen molar-refractivity contribution in [3.05, 3.63) is 0 Å². The molecule has 14 heavy (non-hydrogen) atoms. The summed E-state index contributed by atoms with van der Waals surface area (Å²) in [4.78, 5) is 21.4. The molecule has 5 heteroatoms. The second-order valence-corrected chi connectivity index (χ2v) is 3.40. The lowest BCUT2D eigenvalue weighted by atomic mass is 9.79. The van der Waals surface area contributed by atoms with Crippen LogP contribution in [0, 0.1) is 5.92 Å². The largest absolute Gasteiger partial charge is 0.481 e. The molecule has 0 spiro atoms. The maximum Gasteiger partial charge on any atom is 0.323 e. The SMILES string of the molecule is CCC(CC(=O)O)C(N)(CC)C(=O)O. The van der Waals surface area contributed by atoms with Gasteiger partial charge in [0.1, 0.15) is 5.54 Å². The Bertz CT molecular complexity index is 229. The van der Waals surface area contributed by atoms with Gasteiger partial charge in [-0.1, -0.05) is 20.3 Å². The lowest BCUT2D eigenvalue weighted by molar-refractivity contribution is -0.147. The van der Waals surface area contributed by atoms with Crippen molar-refractivity contribution in [1.29, 1.82) is 0 Å². The number of carboxylic acids is 2. The normalized spacial score (nSPS) is 17.1. The molecule has 2 atom stereocenters. The van der Waals surface area contributed by atoms with E-state index in [-0.39, 0.29) is 12.8 Å². The summed E-state index contributed by atoms with van der Waals surface area (Å²) >= 11 is 0. The minimum absolute atomic E-state index is 0.201. The fourth-order valence-electron chi connectivity index (χ4n) is 1.52. The zero-order valence-corrected chi connectivity index (χ0v) is 8.49. The molecule has 0 fully saturated rings. The molecule has 0 aromatic heterocycles. The van der Waals surface area contributed by atoms with Crippen molar-refractivity contribution in [2.75, 3.05) is 0 Å². The van der Waals surface area contributed by atoms with E-state index in [4.69, 9.17) is 15.9 Å². The van der Waals surface area contributed by atoms with E-state index in [1.54, 1.807) is 13.8 Å². The molecule has 2 unspecified atom stereocenters. The second-order valence-electron chi connectivity index (χ2n) is 3.40. The molecule has 0 saturated carbocycles. The Labute approximate surface area is 82.9 Å². The number of rotatable bonds is 6. The van der Waals surface area contributed by atoms with Crippen LogP contribution in [0.4, 0.5) is 0 Å². The van der Waals surface area contributed by atoms with Gasteiger partial charge in [0.25, 0.3) is 0 Å². The summed E-state index contributed by atoms with van der Waals surface area (Å²) in [6.45, 7) is 3.40. The number of nitrogens with two attached hydrogens (primary N) is 1. The fourth-order valence-corrected chi connectivity index (χ4v) is 1.52. The van der Waals surface area contributed by atoms with Crippen LogP contribution >= 0.6 is 0 Å². The Morgan fingerprint density at radius 2 is 1.86 bits per heavy atom. The van der Waals surface area contributed by atoms with Crippen molar-refractivity contribution in [2.24, 2.45) is 11.7 Å². The highest BCUT2D eigenvalue weighted by Gasteiger charge is 2.40. The zero-order valence-electron chi connectivity index (χ0n) is 8.49. The lowest BCUT2D eigenvalue weighted by Gasteiger charge is -2.31. The number of hydrogen-bond acceptors (Lipinski definition) is 3. The van der Waals surface area contributed by atoms with E-state index in [0.29, 0.717) is 6.42 Å². The lowest BCUT2D eigenvalue weighted by Crippen LogP contribution is -2.54. The first-order valence-corrected chi connectivity index (χ1v) is 4.62. The molecule has 0 aliphatic rings. The van der Waals surface area contributed by atoms with Crippen LogP contribution < -0.4 is 5.73 Å². The van der Waals surface area contributed by atoms with Gasteiger partial charge in [-0.25, -0.2) is 0 Å². The van der Waals surface area contributed by atoms with E-state index in [2.05, 4.69) is 0 Å². The molecule has 0 aromatic rings. The van der Waals surface area contributed by atoms with Crippen LogP contribution in [-0.4, -0.2) is 27.7 Å². The van der Waals surface area contributed by atoms with E-state index in [1.165, 1.54) is 0 Å². The van der Waals surface area contributed by atoms with Crippen molar-refractivity contribution in [2.45, 2.75) is 38.6 Å². The van der Waals surface area contributed by atoms with Gasteiger partial charge in [0.15, 0.2) is 0 Å². The summed E-state index contributed by atoms with van der Waals surface area (Å²) < 4.78 is 0. The van der Waals surface area contributed by atoms with Gasteiger partial charge in [-0.05, 0) is 12.3 Å². The van der Waals surface area contributed by atoms with Crippen LogP contribution in [0.2, 0.25) is 0 Å². The number of hydrogen-bond donors (Lipinski definition) is 3. The smallest absolute Gasteiger partial charge is 0.323 e. The van der Waals surface area contributed by atoms with Gasteiger partial charge in [-0.15, -0.1) is 0 Å². The molecule has 0 aromatic carbocycles. The number of carboxylic acid groups (broad SMARTS) is 2. The van der Waals surface area contributed by atoms with E-state index in [9.17, 15) is 9.59 Å². The first-order valence-electron chi connectivity index (χ1n) is 4.62. The molecule has 4 N–H and O–H groups in total. The first-order chi connectivity index (χ1) is 6.38. The van der Waals surface area contributed by atoms with Gasteiger partial charge in [0, 0.05) is 0 Å². The molecular weight excluding hydrogens is 186 g/mol. The average Bonchev–Trinajstić information content (AvgIpc) is 2.12. The van der Waals surface area contributed by atoms with Crippen LogP contribution in [0.15, 0.2) is 0 Å². The van der Waals surface area contributed by atoms with Gasteiger partial charge >= 0.3 is 11.9 Å². The molecule has 82 valence electrons. The third-order valence-corrected chi connectivity index (χ3v) is 2.63. The van der Waals surface area contributed by atoms with E-state index in [0.717, 1.165) is 0 Å². The Morgan fingerprint density at radius 3 is 2.07 bits per heavy atom. The highest BCUT2D eigenvalue weighted by atomic mass is 16.4. The molecule has 0 amide bonds. The van der Waals surface area contributed by atoms with Crippen LogP contribution in [-0.2, 0) is 9.59 Å². The third-order valence-electron chi connectivity index (χ3n) is 2.63. The predicted molar refractivity (Wildman–Crippen MR) is 50.9 cm³/mol.